The van der Waals surface area contributed by atoms with E-state index in [1.165, 1.54) is 24.9 Å². The number of nitrogen functional groups attached to an aromatic ring is 1. The van der Waals surface area contributed by atoms with E-state index in [0.29, 0.717) is 0 Å². The minimum absolute atomic E-state index is 0.870. The molecule has 0 atom stereocenters. The second-order valence-electron chi connectivity index (χ2n) is 4.01. The molecule has 0 aliphatic carbocycles. The summed E-state index contributed by atoms with van der Waals surface area (Å²) in [6, 6.07) is 8.17. The van der Waals surface area contributed by atoms with Crippen LogP contribution in [0.5, 0.6) is 0 Å². The zero-order valence-corrected chi connectivity index (χ0v) is 9.16. The molecule has 0 fully saturated rings. The van der Waals surface area contributed by atoms with Crippen LogP contribution in [-0.4, -0.2) is 25.5 Å². The number of nitrogens with two attached hydrogens (primary N) is 1. The molecular weight excluding hydrogens is 172 g/mol. The fourth-order valence-electron chi connectivity index (χ4n) is 1.51. The number of hydrogen-bond donors (Lipinski definition) is 1. The molecule has 0 aliphatic heterocycles. The minimum atomic E-state index is 0.870. The molecule has 0 saturated heterocycles. The number of unbranched alkanes of at least 4 members (excludes halogenated alkanes) is 1. The van der Waals surface area contributed by atoms with Crippen LogP contribution in [0.25, 0.3) is 0 Å². The number of rotatable bonds is 5. The highest BCUT2D eigenvalue weighted by Crippen LogP contribution is 2.09. The van der Waals surface area contributed by atoms with Gasteiger partial charge in [-0.1, -0.05) is 12.1 Å². The minimum Gasteiger partial charge on any atom is -0.399 e. The van der Waals surface area contributed by atoms with Gasteiger partial charge < -0.3 is 10.6 Å². The molecule has 1 aromatic carbocycles. The lowest BCUT2D eigenvalue weighted by Crippen LogP contribution is -2.12. The predicted octanol–water partition coefficient (Wildman–Crippen LogP) is 2.15. The third-order valence-electron chi connectivity index (χ3n) is 2.27. The maximum atomic E-state index is 5.70. The van der Waals surface area contributed by atoms with E-state index in [4.69, 9.17) is 5.73 Å². The molecule has 0 bridgehead atoms. The van der Waals surface area contributed by atoms with E-state index in [-0.39, 0.29) is 0 Å². The van der Waals surface area contributed by atoms with Crippen LogP contribution in [-0.2, 0) is 6.42 Å². The summed E-state index contributed by atoms with van der Waals surface area (Å²) in [7, 11) is 4.22. The van der Waals surface area contributed by atoms with Gasteiger partial charge in [-0.05, 0) is 57.6 Å². The van der Waals surface area contributed by atoms with Gasteiger partial charge in [0.05, 0.1) is 0 Å². The van der Waals surface area contributed by atoms with Crippen molar-refractivity contribution in [3.8, 4) is 0 Å². The van der Waals surface area contributed by atoms with Crippen LogP contribution in [0.1, 0.15) is 18.4 Å². The molecule has 0 unspecified atom stereocenters. The van der Waals surface area contributed by atoms with Crippen molar-refractivity contribution in [1.82, 2.24) is 4.90 Å². The lowest BCUT2D eigenvalue weighted by molar-refractivity contribution is 0.394. The van der Waals surface area contributed by atoms with Crippen LogP contribution in [0.3, 0.4) is 0 Å². The first-order chi connectivity index (χ1) is 6.68. The fourth-order valence-corrected chi connectivity index (χ4v) is 1.51. The van der Waals surface area contributed by atoms with E-state index >= 15 is 0 Å². The molecule has 1 aromatic rings. The number of benzene rings is 1. The van der Waals surface area contributed by atoms with E-state index < -0.39 is 0 Å². The van der Waals surface area contributed by atoms with Crippen molar-refractivity contribution in [3.05, 3.63) is 29.8 Å². The first-order valence-corrected chi connectivity index (χ1v) is 5.17. The van der Waals surface area contributed by atoms with Crippen molar-refractivity contribution in [3.63, 3.8) is 0 Å². The predicted molar refractivity (Wildman–Crippen MR) is 62.3 cm³/mol. The largest absolute Gasteiger partial charge is 0.399 e. The third-order valence-corrected chi connectivity index (χ3v) is 2.27. The van der Waals surface area contributed by atoms with Crippen molar-refractivity contribution in [2.24, 2.45) is 0 Å². The topological polar surface area (TPSA) is 29.3 Å². The molecule has 14 heavy (non-hydrogen) atoms. The van der Waals surface area contributed by atoms with Gasteiger partial charge in [-0.2, -0.15) is 0 Å². The van der Waals surface area contributed by atoms with Gasteiger partial charge in [0.25, 0.3) is 0 Å². The van der Waals surface area contributed by atoms with Gasteiger partial charge >= 0.3 is 0 Å². The van der Waals surface area contributed by atoms with Crippen molar-refractivity contribution >= 4 is 5.69 Å². The quantitative estimate of drug-likeness (QED) is 0.572. The smallest absolute Gasteiger partial charge is 0.0316 e. The Kier molecular flexibility index (Phi) is 4.47. The molecule has 0 saturated carbocycles. The first-order valence-electron chi connectivity index (χ1n) is 5.17. The van der Waals surface area contributed by atoms with Gasteiger partial charge in [-0.15, -0.1) is 0 Å². The number of aryl methyl sites for hydroxylation is 1. The monoisotopic (exact) mass is 192 g/mol. The van der Waals surface area contributed by atoms with Crippen LogP contribution in [0.4, 0.5) is 5.69 Å². The van der Waals surface area contributed by atoms with E-state index in [9.17, 15) is 0 Å². The molecule has 0 heterocycles. The normalized spacial score (nSPS) is 10.8. The molecular formula is C12H20N2. The summed E-state index contributed by atoms with van der Waals surface area (Å²) in [6.45, 7) is 1.17. The summed E-state index contributed by atoms with van der Waals surface area (Å²) in [5.74, 6) is 0. The molecule has 0 amide bonds. The van der Waals surface area contributed by atoms with Crippen LogP contribution in [0, 0.1) is 0 Å². The Balaban J connectivity index is 2.25. The average Bonchev–Trinajstić information content (AvgIpc) is 2.12. The molecule has 0 radical (unpaired) electrons. The second kappa shape index (κ2) is 5.66. The highest BCUT2D eigenvalue weighted by atomic mass is 15.0. The van der Waals surface area contributed by atoms with E-state index in [2.05, 4.69) is 31.1 Å². The standard InChI is InChI=1S/C12H20N2/c1-14(2)9-4-3-6-11-7-5-8-12(13)10-11/h5,7-8,10H,3-4,6,9,13H2,1-2H3. The maximum Gasteiger partial charge on any atom is 0.0316 e. The summed E-state index contributed by atoms with van der Waals surface area (Å²) in [4.78, 5) is 2.22. The zero-order chi connectivity index (χ0) is 10.4. The highest BCUT2D eigenvalue weighted by molar-refractivity contribution is 5.40. The molecule has 2 N–H and O–H groups in total. The van der Waals surface area contributed by atoms with Crippen molar-refractivity contribution in [2.75, 3.05) is 26.4 Å². The van der Waals surface area contributed by atoms with Gasteiger partial charge in [-0.3, -0.25) is 0 Å². The number of hydrogen-bond acceptors (Lipinski definition) is 2. The first kappa shape index (κ1) is 11.1. The average molecular weight is 192 g/mol. The van der Waals surface area contributed by atoms with E-state index in [1.807, 2.05) is 12.1 Å². The van der Waals surface area contributed by atoms with E-state index in [1.54, 1.807) is 0 Å². The number of anilines is 1. The summed E-state index contributed by atoms with van der Waals surface area (Å²) in [5, 5.41) is 0. The Morgan fingerprint density at radius 1 is 1.21 bits per heavy atom. The van der Waals surface area contributed by atoms with Crippen LogP contribution < -0.4 is 5.73 Å². The summed E-state index contributed by atoms with van der Waals surface area (Å²) in [6.07, 6.45) is 3.63. The molecule has 2 nitrogen and oxygen atoms in total. The van der Waals surface area contributed by atoms with Gasteiger partial charge in [-0.25, -0.2) is 0 Å². The highest BCUT2D eigenvalue weighted by Gasteiger charge is 1.95. The molecule has 0 aromatic heterocycles. The molecule has 78 valence electrons. The summed E-state index contributed by atoms with van der Waals surface area (Å²) in [5.41, 5.74) is 7.92. The molecule has 0 aliphatic rings. The number of nitrogens with zero attached hydrogens (tertiary/aromatic N) is 1. The van der Waals surface area contributed by atoms with Crippen LogP contribution >= 0.6 is 0 Å². The van der Waals surface area contributed by atoms with Crippen LogP contribution in [0.2, 0.25) is 0 Å². The Bertz CT molecular complexity index is 269. The third kappa shape index (κ3) is 4.28. The van der Waals surface area contributed by atoms with Crippen LogP contribution in [0.15, 0.2) is 24.3 Å². The zero-order valence-electron chi connectivity index (χ0n) is 9.16. The van der Waals surface area contributed by atoms with Crippen molar-refractivity contribution in [1.29, 1.82) is 0 Å². The van der Waals surface area contributed by atoms with E-state index in [0.717, 1.165) is 12.1 Å². The molecule has 2 heteroatoms. The Morgan fingerprint density at radius 3 is 2.64 bits per heavy atom. The summed E-state index contributed by atoms with van der Waals surface area (Å²) >= 11 is 0. The van der Waals surface area contributed by atoms with Crippen molar-refractivity contribution < 1.29 is 0 Å². The van der Waals surface area contributed by atoms with Gasteiger partial charge in [0.15, 0.2) is 0 Å². The second-order valence-corrected chi connectivity index (χ2v) is 4.01. The fraction of sp³-hybridized carbons (Fsp3) is 0.500. The van der Waals surface area contributed by atoms with Gasteiger partial charge in [0.1, 0.15) is 0 Å². The lowest BCUT2D eigenvalue weighted by atomic mass is 10.1. The summed E-state index contributed by atoms with van der Waals surface area (Å²) < 4.78 is 0. The van der Waals surface area contributed by atoms with Gasteiger partial charge in [0, 0.05) is 5.69 Å². The Morgan fingerprint density at radius 2 is 2.00 bits per heavy atom. The SMILES string of the molecule is CN(C)CCCCc1cccc(N)c1. The van der Waals surface area contributed by atoms with Gasteiger partial charge in [0.2, 0.25) is 0 Å². The lowest BCUT2D eigenvalue weighted by Gasteiger charge is -2.08. The molecule has 1 rings (SSSR count). The Labute approximate surface area is 86.7 Å². The maximum absolute atomic E-state index is 5.70. The van der Waals surface area contributed by atoms with Crippen molar-refractivity contribution in [2.45, 2.75) is 19.3 Å². The Hall–Kier alpha value is -1.02. The molecule has 0 spiro atoms.